The standard InChI is InChI=1S/C25H31N3O3/c1-6-30-19-11-8-17(9-12-19)24(29)27-16-25(3,4)23-15-22(31-7-2)20-14-18(26-5)10-13-21(20)28-23/h8-14,22-23,28H,6-7,15-16H2,1-4H3,(H,27,29). The van der Waals surface area contributed by atoms with Gasteiger partial charge in [0, 0.05) is 35.9 Å². The molecular weight excluding hydrogens is 390 g/mol. The lowest BCUT2D eigenvalue weighted by atomic mass is 9.78. The molecule has 1 aliphatic heterocycles. The first-order chi connectivity index (χ1) is 14.9. The second-order valence-corrected chi connectivity index (χ2v) is 8.39. The predicted octanol–water partition coefficient (Wildman–Crippen LogP) is 5.35. The smallest absolute Gasteiger partial charge is 0.251 e. The summed E-state index contributed by atoms with van der Waals surface area (Å²) >= 11 is 0. The van der Waals surface area contributed by atoms with Crippen LogP contribution < -0.4 is 15.4 Å². The van der Waals surface area contributed by atoms with E-state index in [1.165, 1.54) is 0 Å². The summed E-state index contributed by atoms with van der Waals surface area (Å²) in [5.74, 6) is 0.656. The minimum absolute atomic E-state index is 0.0750. The fraction of sp³-hybridized carbons (Fsp3) is 0.440. The van der Waals surface area contributed by atoms with Gasteiger partial charge in [-0.05, 0) is 62.2 Å². The first kappa shape index (κ1) is 22.6. The molecule has 2 unspecified atom stereocenters. The number of carbonyl (C=O) groups is 1. The Bertz CT molecular complexity index is 947. The van der Waals surface area contributed by atoms with E-state index in [1.54, 1.807) is 12.1 Å². The molecule has 2 aromatic rings. The third-order valence-electron chi connectivity index (χ3n) is 5.73. The van der Waals surface area contributed by atoms with Crippen LogP contribution in [-0.2, 0) is 4.74 Å². The number of hydrogen-bond donors (Lipinski definition) is 2. The quantitative estimate of drug-likeness (QED) is 0.564. The summed E-state index contributed by atoms with van der Waals surface area (Å²) in [7, 11) is 0. The van der Waals surface area contributed by atoms with E-state index in [1.807, 2.05) is 44.2 Å². The summed E-state index contributed by atoms with van der Waals surface area (Å²) in [5.41, 5.74) is 3.03. The zero-order valence-electron chi connectivity index (χ0n) is 18.7. The number of nitrogens with one attached hydrogen (secondary N) is 2. The predicted molar refractivity (Wildman–Crippen MR) is 123 cm³/mol. The molecule has 2 atom stereocenters. The van der Waals surface area contributed by atoms with Crippen LogP contribution in [-0.4, -0.2) is 31.7 Å². The van der Waals surface area contributed by atoms with Crippen molar-refractivity contribution in [1.82, 2.24) is 5.32 Å². The first-order valence-electron chi connectivity index (χ1n) is 10.8. The Morgan fingerprint density at radius 2 is 1.94 bits per heavy atom. The Kier molecular flexibility index (Phi) is 7.19. The Labute approximate surface area is 184 Å². The van der Waals surface area contributed by atoms with Crippen molar-refractivity contribution < 1.29 is 14.3 Å². The van der Waals surface area contributed by atoms with Crippen molar-refractivity contribution in [3.05, 3.63) is 65.0 Å². The Balaban J connectivity index is 1.69. The van der Waals surface area contributed by atoms with E-state index in [0.717, 1.165) is 23.4 Å². The second-order valence-electron chi connectivity index (χ2n) is 8.39. The molecule has 0 aromatic heterocycles. The molecule has 6 nitrogen and oxygen atoms in total. The minimum atomic E-state index is -0.216. The van der Waals surface area contributed by atoms with E-state index in [4.69, 9.17) is 16.0 Å². The van der Waals surface area contributed by atoms with Crippen LogP contribution in [0, 0.1) is 12.0 Å². The van der Waals surface area contributed by atoms with Crippen molar-refractivity contribution in [1.29, 1.82) is 0 Å². The maximum absolute atomic E-state index is 12.7. The van der Waals surface area contributed by atoms with E-state index < -0.39 is 0 Å². The first-order valence-corrected chi connectivity index (χ1v) is 10.8. The van der Waals surface area contributed by atoms with Gasteiger partial charge in [0.25, 0.3) is 5.91 Å². The maximum atomic E-state index is 12.7. The third-order valence-corrected chi connectivity index (χ3v) is 5.73. The number of fused-ring (bicyclic) bond motifs is 1. The van der Waals surface area contributed by atoms with Crippen LogP contribution in [0.25, 0.3) is 4.85 Å². The largest absolute Gasteiger partial charge is 0.494 e. The molecule has 3 rings (SSSR count). The summed E-state index contributed by atoms with van der Waals surface area (Å²) in [4.78, 5) is 16.2. The molecule has 2 N–H and O–H groups in total. The number of benzene rings is 2. The monoisotopic (exact) mass is 421 g/mol. The lowest BCUT2D eigenvalue weighted by Gasteiger charge is -2.42. The van der Waals surface area contributed by atoms with Crippen LogP contribution in [0.5, 0.6) is 5.75 Å². The van der Waals surface area contributed by atoms with Gasteiger partial charge in [-0.3, -0.25) is 4.79 Å². The second kappa shape index (κ2) is 9.84. The van der Waals surface area contributed by atoms with Crippen LogP contribution in [0.3, 0.4) is 0 Å². The van der Waals surface area contributed by atoms with Gasteiger partial charge in [0.1, 0.15) is 5.75 Å². The maximum Gasteiger partial charge on any atom is 0.251 e. The molecule has 0 radical (unpaired) electrons. The molecule has 6 heteroatoms. The van der Waals surface area contributed by atoms with Crippen LogP contribution in [0.2, 0.25) is 0 Å². The van der Waals surface area contributed by atoms with Crippen molar-refractivity contribution in [3.8, 4) is 5.75 Å². The van der Waals surface area contributed by atoms with Crippen LogP contribution >= 0.6 is 0 Å². The van der Waals surface area contributed by atoms with Gasteiger partial charge in [-0.15, -0.1) is 0 Å². The minimum Gasteiger partial charge on any atom is -0.494 e. The fourth-order valence-electron chi connectivity index (χ4n) is 3.88. The Morgan fingerprint density at radius 3 is 2.58 bits per heavy atom. The van der Waals surface area contributed by atoms with Crippen molar-refractivity contribution in [2.75, 3.05) is 25.1 Å². The lowest BCUT2D eigenvalue weighted by Crippen LogP contribution is -2.47. The molecule has 0 fully saturated rings. The number of rotatable bonds is 8. The van der Waals surface area contributed by atoms with Gasteiger partial charge in [-0.1, -0.05) is 19.9 Å². The van der Waals surface area contributed by atoms with Crippen molar-refractivity contribution in [3.63, 3.8) is 0 Å². The highest BCUT2D eigenvalue weighted by atomic mass is 16.5. The summed E-state index contributed by atoms with van der Waals surface area (Å²) < 4.78 is 11.5. The zero-order chi connectivity index (χ0) is 22.4. The molecule has 0 spiro atoms. The number of anilines is 1. The fourth-order valence-corrected chi connectivity index (χ4v) is 3.88. The van der Waals surface area contributed by atoms with Crippen molar-refractivity contribution in [2.24, 2.45) is 5.41 Å². The Hall–Kier alpha value is -3.04. The number of hydrogen-bond acceptors (Lipinski definition) is 4. The molecule has 1 heterocycles. The van der Waals surface area contributed by atoms with Crippen LogP contribution in [0.1, 0.15) is 56.1 Å². The van der Waals surface area contributed by atoms with Gasteiger partial charge in [-0.25, -0.2) is 4.85 Å². The normalized spacial score (nSPS) is 17.8. The van der Waals surface area contributed by atoms with Gasteiger partial charge in [0.15, 0.2) is 5.69 Å². The van der Waals surface area contributed by atoms with E-state index in [0.29, 0.717) is 31.0 Å². The van der Waals surface area contributed by atoms with E-state index in [-0.39, 0.29) is 23.5 Å². The average Bonchev–Trinajstić information content (AvgIpc) is 2.78. The summed E-state index contributed by atoms with van der Waals surface area (Å²) in [6.45, 7) is 17.2. The third kappa shape index (κ3) is 5.36. The van der Waals surface area contributed by atoms with E-state index >= 15 is 0 Å². The molecule has 31 heavy (non-hydrogen) atoms. The van der Waals surface area contributed by atoms with Gasteiger partial charge in [0.2, 0.25) is 0 Å². The topological polar surface area (TPSA) is 64.0 Å². The van der Waals surface area contributed by atoms with Gasteiger partial charge >= 0.3 is 0 Å². The SMILES string of the molecule is [C-]#[N+]c1ccc2c(c1)C(OCC)CC(C(C)(C)CNC(=O)c1ccc(OCC)cc1)N2. The summed E-state index contributed by atoms with van der Waals surface area (Å²) in [5, 5.41) is 6.69. The van der Waals surface area contributed by atoms with Gasteiger partial charge < -0.3 is 20.1 Å². The van der Waals surface area contributed by atoms with Crippen LogP contribution in [0.15, 0.2) is 42.5 Å². The highest BCUT2D eigenvalue weighted by Crippen LogP contribution is 2.41. The van der Waals surface area contributed by atoms with Gasteiger partial charge in [0.05, 0.1) is 19.3 Å². The molecule has 1 aliphatic rings. The molecule has 1 amide bonds. The molecule has 0 saturated carbocycles. The molecule has 0 bridgehead atoms. The highest BCUT2D eigenvalue weighted by Gasteiger charge is 2.37. The molecule has 0 aliphatic carbocycles. The Morgan fingerprint density at radius 1 is 1.19 bits per heavy atom. The van der Waals surface area contributed by atoms with Crippen molar-refractivity contribution >= 4 is 17.3 Å². The number of amides is 1. The molecular formula is C25H31N3O3. The summed E-state index contributed by atoms with van der Waals surface area (Å²) in [6.07, 6.45) is 0.697. The number of nitrogens with zero attached hydrogens (tertiary/aromatic N) is 1. The molecule has 164 valence electrons. The number of ether oxygens (including phenoxy) is 2. The average molecular weight is 422 g/mol. The highest BCUT2D eigenvalue weighted by molar-refractivity contribution is 5.94. The summed E-state index contributed by atoms with van der Waals surface area (Å²) in [6, 6.07) is 13.0. The zero-order valence-corrected chi connectivity index (χ0v) is 18.7. The van der Waals surface area contributed by atoms with Gasteiger partial charge in [-0.2, -0.15) is 0 Å². The molecule has 0 saturated heterocycles. The van der Waals surface area contributed by atoms with E-state index in [2.05, 4.69) is 29.3 Å². The molecule has 2 aromatic carbocycles. The van der Waals surface area contributed by atoms with Crippen molar-refractivity contribution in [2.45, 2.75) is 46.3 Å². The van der Waals surface area contributed by atoms with E-state index in [9.17, 15) is 4.79 Å². The lowest BCUT2D eigenvalue weighted by molar-refractivity contribution is 0.0388. The van der Waals surface area contributed by atoms with Crippen LogP contribution in [0.4, 0.5) is 11.4 Å². The number of carbonyl (C=O) groups excluding carboxylic acids is 1.